The van der Waals surface area contributed by atoms with Gasteiger partial charge in [0.05, 0.1) is 11.3 Å². The molecule has 1 aliphatic rings. The third-order valence-electron chi connectivity index (χ3n) is 3.08. The van der Waals surface area contributed by atoms with Crippen molar-refractivity contribution in [2.24, 2.45) is 0 Å². The summed E-state index contributed by atoms with van der Waals surface area (Å²) in [5.41, 5.74) is 2.04. The number of nitrogens with one attached hydrogen (secondary N) is 1. The van der Waals surface area contributed by atoms with Gasteiger partial charge in [0.15, 0.2) is 6.61 Å². The number of anilines is 1. The molecule has 0 saturated heterocycles. The highest BCUT2D eigenvalue weighted by atomic mass is 16.5. The maximum absolute atomic E-state index is 12.0. The summed E-state index contributed by atoms with van der Waals surface area (Å²) in [6.07, 6.45) is 0. The zero-order chi connectivity index (χ0) is 14.8. The van der Waals surface area contributed by atoms with Gasteiger partial charge in [-0.15, -0.1) is 0 Å². The standard InChI is InChI=1S/C16H13NO4/c1-10-2-4-11(5-3-10)16(19)21-12-6-7-14-13(8-12)17-15(18)9-20-14/h2-8H,9H2,1H3,(H,17,18). The van der Waals surface area contributed by atoms with Gasteiger partial charge in [0.1, 0.15) is 11.5 Å². The molecular formula is C16H13NO4. The first kappa shape index (κ1) is 13.2. The molecule has 0 aliphatic carbocycles. The van der Waals surface area contributed by atoms with Crippen LogP contribution in [0.2, 0.25) is 0 Å². The first-order valence-electron chi connectivity index (χ1n) is 6.47. The molecule has 5 heteroatoms. The van der Waals surface area contributed by atoms with Crippen molar-refractivity contribution in [3.05, 3.63) is 53.6 Å². The van der Waals surface area contributed by atoms with E-state index in [0.29, 0.717) is 22.7 Å². The number of carbonyl (C=O) groups excluding carboxylic acids is 2. The summed E-state index contributed by atoms with van der Waals surface area (Å²) in [7, 11) is 0. The Hall–Kier alpha value is -2.82. The topological polar surface area (TPSA) is 64.6 Å². The Labute approximate surface area is 121 Å². The number of amides is 1. The normalized spacial score (nSPS) is 12.9. The molecule has 1 N–H and O–H groups in total. The lowest BCUT2D eigenvalue weighted by Crippen LogP contribution is -2.25. The first-order valence-corrected chi connectivity index (χ1v) is 6.47. The number of hydrogen-bond donors (Lipinski definition) is 1. The fourth-order valence-corrected chi connectivity index (χ4v) is 1.98. The molecule has 106 valence electrons. The van der Waals surface area contributed by atoms with Crippen LogP contribution in [0.25, 0.3) is 0 Å². The van der Waals surface area contributed by atoms with Crippen LogP contribution in [0.3, 0.4) is 0 Å². The molecule has 0 aromatic heterocycles. The predicted octanol–water partition coefficient (Wildman–Crippen LogP) is 2.55. The molecule has 0 fully saturated rings. The molecule has 2 aromatic rings. The van der Waals surface area contributed by atoms with Gasteiger partial charge in [-0.25, -0.2) is 4.79 Å². The minimum atomic E-state index is -0.446. The van der Waals surface area contributed by atoms with Crippen molar-refractivity contribution in [1.82, 2.24) is 0 Å². The summed E-state index contributed by atoms with van der Waals surface area (Å²) in [6, 6.07) is 12.0. The quantitative estimate of drug-likeness (QED) is 0.679. The van der Waals surface area contributed by atoms with Crippen molar-refractivity contribution in [2.45, 2.75) is 6.92 Å². The summed E-state index contributed by atoms with van der Waals surface area (Å²) < 4.78 is 10.5. The van der Waals surface area contributed by atoms with Crippen molar-refractivity contribution in [3.8, 4) is 11.5 Å². The number of ether oxygens (including phenoxy) is 2. The molecule has 0 atom stereocenters. The molecule has 21 heavy (non-hydrogen) atoms. The molecule has 0 spiro atoms. The van der Waals surface area contributed by atoms with E-state index in [1.165, 1.54) is 0 Å². The van der Waals surface area contributed by atoms with Crippen LogP contribution >= 0.6 is 0 Å². The third kappa shape index (κ3) is 2.86. The highest BCUT2D eigenvalue weighted by molar-refractivity contribution is 5.96. The van der Waals surface area contributed by atoms with Crippen LogP contribution in [0.4, 0.5) is 5.69 Å². The molecule has 0 bridgehead atoms. The van der Waals surface area contributed by atoms with Crippen LogP contribution in [0.5, 0.6) is 11.5 Å². The predicted molar refractivity (Wildman–Crippen MR) is 76.7 cm³/mol. The average molecular weight is 283 g/mol. The fraction of sp³-hybridized carbons (Fsp3) is 0.125. The van der Waals surface area contributed by atoms with Crippen LogP contribution in [-0.2, 0) is 4.79 Å². The van der Waals surface area contributed by atoms with Crippen molar-refractivity contribution in [3.63, 3.8) is 0 Å². The molecule has 1 aliphatic heterocycles. The average Bonchev–Trinajstić information content (AvgIpc) is 2.47. The van der Waals surface area contributed by atoms with Crippen LogP contribution in [-0.4, -0.2) is 18.5 Å². The zero-order valence-electron chi connectivity index (χ0n) is 11.4. The van der Waals surface area contributed by atoms with Gasteiger partial charge in [0, 0.05) is 6.07 Å². The smallest absolute Gasteiger partial charge is 0.343 e. The van der Waals surface area contributed by atoms with E-state index in [2.05, 4.69) is 5.32 Å². The maximum atomic E-state index is 12.0. The van der Waals surface area contributed by atoms with Gasteiger partial charge < -0.3 is 14.8 Å². The number of fused-ring (bicyclic) bond motifs is 1. The molecule has 3 rings (SSSR count). The first-order chi connectivity index (χ1) is 10.1. The van der Waals surface area contributed by atoms with E-state index < -0.39 is 5.97 Å². The van der Waals surface area contributed by atoms with Gasteiger partial charge in [0.2, 0.25) is 0 Å². The Morgan fingerprint density at radius 3 is 2.71 bits per heavy atom. The zero-order valence-corrected chi connectivity index (χ0v) is 11.4. The van der Waals surface area contributed by atoms with Gasteiger partial charge in [-0.2, -0.15) is 0 Å². The Balaban J connectivity index is 1.79. The van der Waals surface area contributed by atoms with Crippen LogP contribution in [0, 0.1) is 6.92 Å². The molecule has 1 amide bonds. The molecule has 0 radical (unpaired) electrons. The van der Waals surface area contributed by atoms with Gasteiger partial charge in [-0.05, 0) is 31.2 Å². The number of carbonyl (C=O) groups is 2. The second-order valence-electron chi connectivity index (χ2n) is 4.75. The summed E-state index contributed by atoms with van der Waals surface area (Å²) in [5.74, 6) is 0.234. The third-order valence-corrected chi connectivity index (χ3v) is 3.08. The maximum Gasteiger partial charge on any atom is 0.343 e. The van der Waals surface area contributed by atoms with Crippen molar-refractivity contribution < 1.29 is 19.1 Å². The van der Waals surface area contributed by atoms with Crippen molar-refractivity contribution in [1.29, 1.82) is 0 Å². The van der Waals surface area contributed by atoms with E-state index in [0.717, 1.165) is 5.56 Å². The van der Waals surface area contributed by atoms with Gasteiger partial charge in [-0.3, -0.25) is 4.79 Å². The minimum absolute atomic E-state index is 0.00446. The Kier molecular flexibility index (Phi) is 3.31. The van der Waals surface area contributed by atoms with Crippen molar-refractivity contribution in [2.75, 3.05) is 11.9 Å². The Morgan fingerprint density at radius 2 is 1.95 bits per heavy atom. The molecule has 0 saturated carbocycles. The summed E-state index contributed by atoms with van der Waals surface area (Å²) in [4.78, 5) is 23.3. The van der Waals surface area contributed by atoms with E-state index in [1.807, 2.05) is 19.1 Å². The van der Waals surface area contributed by atoms with Gasteiger partial charge in [-0.1, -0.05) is 17.7 Å². The Bertz CT molecular complexity index is 707. The summed E-state index contributed by atoms with van der Waals surface area (Å²) >= 11 is 0. The second-order valence-corrected chi connectivity index (χ2v) is 4.75. The minimum Gasteiger partial charge on any atom is -0.482 e. The molecule has 0 unspecified atom stereocenters. The molecule has 1 heterocycles. The Morgan fingerprint density at radius 1 is 1.19 bits per heavy atom. The van der Waals surface area contributed by atoms with E-state index >= 15 is 0 Å². The fourth-order valence-electron chi connectivity index (χ4n) is 1.98. The largest absolute Gasteiger partial charge is 0.482 e. The van der Waals surface area contributed by atoms with Crippen LogP contribution in [0.1, 0.15) is 15.9 Å². The highest BCUT2D eigenvalue weighted by Gasteiger charge is 2.17. The summed E-state index contributed by atoms with van der Waals surface area (Å²) in [5, 5.41) is 2.67. The second kappa shape index (κ2) is 5.28. The SMILES string of the molecule is Cc1ccc(C(=O)Oc2ccc3c(c2)NC(=O)CO3)cc1. The lowest BCUT2D eigenvalue weighted by Gasteiger charge is -2.18. The van der Waals surface area contributed by atoms with Crippen LogP contribution in [0.15, 0.2) is 42.5 Å². The number of benzene rings is 2. The number of hydrogen-bond acceptors (Lipinski definition) is 4. The summed E-state index contributed by atoms with van der Waals surface area (Å²) in [6.45, 7) is 1.94. The van der Waals surface area contributed by atoms with Crippen LogP contribution < -0.4 is 14.8 Å². The number of rotatable bonds is 2. The van der Waals surface area contributed by atoms with E-state index in [1.54, 1.807) is 30.3 Å². The monoisotopic (exact) mass is 283 g/mol. The number of aryl methyl sites for hydroxylation is 1. The molecular weight excluding hydrogens is 270 g/mol. The lowest BCUT2D eigenvalue weighted by molar-refractivity contribution is -0.118. The highest BCUT2D eigenvalue weighted by Crippen LogP contribution is 2.31. The molecule has 5 nitrogen and oxygen atoms in total. The lowest BCUT2D eigenvalue weighted by atomic mass is 10.1. The van der Waals surface area contributed by atoms with Gasteiger partial charge in [0.25, 0.3) is 5.91 Å². The van der Waals surface area contributed by atoms with Crippen molar-refractivity contribution >= 4 is 17.6 Å². The number of esters is 1. The molecule has 2 aromatic carbocycles. The van der Waals surface area contributed by atoms with E-state index in [4.69, 9.17) is 9.47 Å². The van der Waals surface area contributed by atoms with E-state index in [9.17, 15) is 9.59 Å². The van der Waals surface area contributed by atoms with E-state index in [-0.39, 0.29) is 12.5 Å². The van der Waals surface area contributed by atoms with Gasteiger partial charge >= 0.3 is 5.97 Å².